The third-order valence-corrected chi connectivity index (χ3v) is 3.95. The van der Waals surface area contributed by atoms with Crippen molar-refractivity contribution in [2.75, 3.05) is 0 Å². The molecule has 1 aromatic carbocycles. The summed E-state index contributed by atoms with van der Waals surface area (Å²) in [4.78, 5) is 15.6. The van der Waals surface area contributed by atoms with Crippen molar-refractivity contribution >= 4 is 16.8 Å². The lowest BCUT2D eigenvalue weighted by Gasteiger charge is -2.03. The standard InChI is InChI=1S/C14H13NO3S/c1-10-3-2-4-12(15-10)9-19(18)13-7-5-11(6-8-13)14(16)17/h2-8H,9H2,1H3,(H,16,17). The maximum atomic E-state index is 12.1. The van der Waals surface area contributed by atoms with E-state index in [0.717, 1.165) is 11.4 Å². The van der Waals surface area contributed by atoms with Crippen molar-refractivity contribution in [3.05, 3.63) is 59.4 Å². The first kappa shape index (κ1) is 13.4. The molecule has 19 heavy (non-hydrogen) atoms. The van der Waals surface area contributed by atoms with Crippen LogP contribution >= 0.6 is 0 Å². The molecule has 1 N–H and O–H groups in total. The topological polar surface area (TPSA) is 67.3 Å². The monoisotopic (exact) mass is 275 g/mol. The van der Waals surface area contributed by atoms with E-state index in [1.165, 1.54) is 12.1 Å². The second-order valence-electron chi connectivity index (χ2n) is 4.09. The number of aromatic nitrogens is 1. The van der Waals surface area contributed by atoms with Gasteiger partial charge in [-0.15, -0.1) is 0 Å². The van der Waals surface area contributed by atoms with Crippen LogP contribution in [0.2, 0.25) is 0 Å². The summed E-state index contributed by atoms with van der Waals surface area (Å²) in [5.41, 5.74) is 1.84. The molecule has 1 atom stereocenters. The van der Waals surface area contributed by atoms with E-state index < -0.39 is 16.8 Å². The number of carboxylic acid groups (broad SMARTS) is 1. The lowest BCUT2D eigenvalue weighted by Crippen LogP contribution is -2.01. The molecule has 4 nitrogen and oxygen atoms in total. The number of benzene rings is 1. The lowest BCUT2D eigenvalue weighted by atomic mass is 10.2. The minimum atomic E-state index is -1.22. The van der Waals surface area contributed by atoms with Gasteiger partial charge in [0.25, 0.3) is 0 Å². The third-order valence-electron chi connectivity index (χ3n) is 2.59. The molecule has 0 saturated heterocycles. The summed E-state index contributed by atoms with van der Waals surface area (Å²) in [6.45, 7) is 1.88. The first-order valence-electron chi connectivity index (χ1n) is 5.70. The van der Waals surface area contributed by atoms with E-state index in [1.807, 2.05) is 25.1 Å². The van der Waals surface area contributed by atoms with Gasteiger partial charge in [-0.1, -0.05) is 6.07 Å². The van der Waals surface area contributed by atoms with Gasteiger partial charge in [0.2, 0.25) is 0 Å². The number of hydrogen-bond donors (Lipinski definition) is 1. The Bertz CT molecular complexity index is 623. The highest BCUT2D eigenvalue weighted by Crippen LogP contribution is 2.13. The first-order valence-corrected chi connectivity index (χ1v) is 7.02. The van der Waals surface area contributed by atoms with E-state index in [4.69, 9.17) is 5.11 Å². The highest BCUT2D eigenvalue weighted by Gasteiger charge is 2.08. The second-order valence-corrected chi connectivity index (χ2v) is 5.54. The highest BCUT2D eigenvalue weighted by molar-refractivity contribution is 7.84. The maximum Gasteiger partial charge on any atom is 0.335 e. The van der Waals surface area contributed by atoms with Crippen LogP contribution in [0, 0.1) is 6.92 Å². The molecule has 5 heteroatoms. The molecular formula is C14H13NO3S. The van der Waals surface area contributed by atoms with Crippen LogP contribution in [0.1, 0.15) is 21.7 Å². The van der Waals surface area contributed by atoms with Crippen LogP contribution in [0.15, 0.2) is 47.4 Å². The van der Waals surface area contributed by atoms with Crippen LogP contribution in [-0.4, -0.2) is 20.3 Å². The molecule has 2 rings (SSSR count). The Kier molecular flexibility index (Phi) is 4.06. The van der Waals surface area contributed by atoms with Crippen LogP contribution < -0.4 is 0 Å². The smallest absolute Gasteiger partial charge is 0.335 e. The summed E-state index contributed by atoms with van der Waals surface area (Å²) in [6.07, 6.45) is 0. The van der Waals surface area contributed by atoms with Crippen LogP contribution in [0.3, 0.4) is 0 Å². The number of carbonyl (C=O) groups is 1. The molecule has 1 aromatic heterocycles. The normalized spacial score (nSPS) is 12.1. The van der Waals surface area contributed by atoms with Gasteiger partial charge in [-0.3, -0.25) is 9.19 Å². The lowest BCUT2D eigenvalue weighted by molar-refractivity contribution is 0.0697. The van der Waals surface area contributed by atoms with Gasteiger partial charge in [0, 0.05) is 10.6 Å². The Labute approximate surface area is 113 Å². The van der Waals surface area contributed by atoms with E-state index in [0.29, 0.717) is 10.6 Å². The molecule has 0 aliphatic heterocycles. The van der Waals surface area contributed by atoms with Crippen molar-refractivity contribution in [2.24, 2.45) is 0 Å². The summed E-state index contributed by atoms with van der Waals surface area (Å²) in [7, 11) is -1.22. The van der Waals surface area contributed by atoms with Gasteiger partial charge >= 0.3 is 5.97 Å². The second kappa shape index (κ2) is 5.75. The first-order chi connectivity index (χ1) is 9.06. The molecule has 0 fully saturated rings. The van der Waals surface area contributed by atoms with Crippen LogP contribution in [0.5, 0.6) is 0 Å². The Morgan fingerprint density at radius 3 is 2.47 bits per heavy atom. The molecule has 1 heterocycles. The average Bonchev–Trinajstić information content (AvgIpc) is 2.39. The highest BCUT2D eigenvalue weighted by atomic mass is 32.2. The number of nitrogens with zero attached hydrogens (tertiary/aromatic N) is 1. The van der Waals surface area contributed by atoms with Gasteiger partial charge in [-0.25, -0.2) is 4.79 Å². The largest absolute Gasteiger partial charge is 0.478 e. The molecule has 1 unspecified atom stereocenters. The van der Waals surface area contributed by atoms with Crippen LogP contribution in [0.25, 0.3) is 0 Å². The Hall–Kier alpha value is -2.01. The molecule has 0 aliphatic rings. The van der Waals surface area contributed by atoms with Crippen molar-refractivity contribution in [3.8, 4) is 0 Å². The zero-order valence-corrected chi connectivity index (χ0v) is 11.2. The fourth-order valence-electron chi connectivity index (χ4n) is 1.65. The van der Waals surface area contributed by atoms with Gasteiger partial charge in [0.15, 0.2) is 0 Å². The quantitative estimate of drug-likeness (QED) is 0.930. The molecule has 0 amide bonds. The number of aromatic carboxylic acids is 1. The Morgan fingerprint density at radius 2 is 1.89 bits per heavy atom. The van der Waals surface area contributed by atoms with Crippen molar-refractivity contribution in [2.45, 2.75) is 17.6 Å². The summed E-state index contributed by atoms with van der Waals surface area (Å²) in [5.74, 6) is -0.661. The fourth-order valence-corrected chi connectivity index (χ4v) is 2.68. The van der Waals surface area contributed by atoms with Gasteiger partial charge in [-0.2, -0.15) is 0 Å². The SMILES string of the molecule is Cc1cccc(CS(=O)c2ccc(C(=O)O)cc2)n1. The molecule has 0 radical (unpaired) electrons. The van der Waals surface area contributed by atoms with E-state index in [9.17, 15) is 9.00 Å². The van der Waals surface area contributed by atoms with Gasteiger partial charge < -0.3 is 5.11 Å². The number of carboxylic acids is 1. The molecule has 0 saturated carbocycles. The summed E-state index contributed by atoms with van der Waals surface area (Å²) in [6, 6.07) is 11.7. The zero-order valence-electron chi connectivity index (χ0n) is 10.4. The van der Waals surface area contributed by atoms with Gasteiger partial charge in [-0.05, 0) is 43.3 Å². The average molecular weight is 275 g/mol. The van der Waals surface area contributed by atoms with Gasteiger partial charge in [0.1, 0.15) is 0 Å². The minimum absolute atomic E-state index is 0.189. The van der Waals surface area contributed by atoms with Crippen molar-refractivity contribution in [3.63, 3.8) is 0 Å². The minimum Gasteiger partial charge on any atom is -0.478 e. The molecule has 0 aliphatic carbocycles. The summed E-state index contributed by atoms with van der Waals surface area (Å²) >= 11 is 0. The molecular weight excluding hydrogens is 262 g/mol. The van der Waals surface area contributed by atoms with Crippen LogP contribution in [0.4, 0.5) is 0 Å². The number of hydrogen-bond acceptors (Lipinski definition) is 3. The van der Waals surface area contributed by atoms with Crippen molar-refractivity contribution in [1.82, 2.24) is 4.98 Å². The van der Waals surface area contributed by atoms with E-state index in [-0.39, 0.29) is 5.56 Å². The molecule has 98 valence electrons. The number of pyridine rings is 1. The van der Waals surface area contributed by atoms with Crippen molar-refractivity contribution in [1.29, 1.82) is 0 Å². The molecule has 0 spiro atoms. The summed E-state index contributed by atoms with van der Waals surface area (Å²) in [5, 5.41) is 8.79. The maximum absolute atomic E-state index is 12.1. The van der Waals surface area contributed by atoms with E-state index in [1.54, 1.807) is 12.1 Å². The predicted molar refractivity (Wildman–Crippen MR) is 72.5 cm³/mol. The van der Waals surface area contributed by atoms with E-state index >= 15 is 0 Å². The molecule has 2 aromatic rings. The van der Waals surface area contributed by atoms with Crippen molar-refractivity contribution < 1.29 is 14.1 Å². The molecule has 0 bridgehead atoms. The Balaban J connectivity index is 2.14. The number of aryl methyl sites for hydroxylation is 1. The predicted octanol–water partition coefficient (Wildman–Crippen LogP) is 2.40. The fraction of sp³-hybridized carbons (Fsp3) is 0.143. The van der Waals surface area contributed by atoms with E-state index in [2.05, 4.69) is 4.98 Å². The third kappa shape index (κ3) is 3.48. The van der Waals surface area contributed by atoms with Gasteiger partial charge in [0.05, 0.1) is 27.8 Å². The summed E-state index contributed by atoms with van der Waals surface area (Å²) < 4.78 is 12.1. The Morgan fingerprint density at radius 1 is 1.21 bits per heavy atom. The number of rotatable bonds is 4. The van der Waals surface area contributed by atoms with Crippen LogP contribution in [-0.2, 0) is 16.6 Å². The zero-order chi connectivity index (χ0) is 13.8.